The molecule has 3 heterocycles. The maximum absolute atomic E-state index is 12.4. The average molecular weight is 291 g/mol. The van der Waals surface area contributed by atoms with Crippen molar-refractivity contribution in [1.82, 2.24) is 14.8 Å². The summed E-state index contributed by atoms with van der Waals surface area (Å²) >= 11 is 0. The summed E-state index contributed by atoms with van der Waals surface area (Å²) in [5.41, 5.74) is -0.233. The predicted octanol–water partition coefficient (Wildman–Crippen LogP) is -0.00920. The Morgan fingerprint density at radius 2 is 2.19 bits per heavy atom. The zero-order valence-electron chi connectivity index (χ0n) is 12.1. The Hall–Kier alpha value is -1.50. The van der Waals surface area contributed by atoms with E-state index >= 15 is 0 Å². The maximum atomic E-state index is 12.4. The van der Waals surface area contributed by atoms with E-state index in [0.717, 1.165) is 13.1 Å². The van der Waals surface area contributed by atoms with Gasteiger partial charge >= 0.3 is 0 Å². The molecule has 0 spiro atoms. The summed E-state index contributed by atoms with van der Waals surface area (Å²) in [6.07, 6.45) is 3.84. The van der Waals surface area contributed by atoms with E-state index < -0.39 is 5.60 Å². The number of likely N-dealkylation sites (tertiary alicyclic amines) is 1. The molecule has 0 saturated carbocycles. The molecule has 1 aromatic heterocycles. The number of hydrogen-bond donors (Lipinski definition) is 1. The van der Waals surface area contributed by atoms with Crippen molar-refractivity contribution >= 4 is 5.91 Å². The number of nitrogens with zero attached hydrogens (tertiary/aromatic N) is 3. The molecule has 2 aliphatic heterocycles. The quantitative estimate of drug-likeness (QED) is 0.848. The molecule has 2 aliphatic rings. The van der Waals surface area contributed by atoms with Crippen LogP contribution < -0.4 is 0 Å². The molecule has 2 saturated heterocycles. The van der Waals surface area contributed by atoms with Crippen molar-refractivity contribution in [3.05, 3.63) is 30.1 Å². The molecule has 0 radical (unpaired) electrons. The highest BCUT2D eigenvalue weighted by molar-refractivity contribution is 5.94. The molecule has 1 unspecified atom stereocenters. The summed E-state index contributed by atoms with van der Waals surface area (Å²) < 4.78 is 5.32. The summed E-state index contributed by atoms with van der Waals surface area (Å²) in [4.78, 5) is 20.3. The third-order valence-corrected chi connectivity index (χ3v) is 4.15. The first-order valence-electron chi connectivity index (χ1n) is 7.38. The smallest absolute Gasteiger partial charge is 0.255 e. The average Bonchev–Trinajstić information content (AvgIpc) is 2.90. The van der Waals surface area contributed by atoms with E-state index in [1.165, 1.54) is 0 Å². The molecule has 0 bridgehead atoms. The molecule has 6 heteroatoms. The van der Waals surface area contributed by atoms with Gasteiger partial charge in [-0.15, -0.1) is 0 Å². The van der Waals surface area contributed by atoms with Gasteiger partial charge in [-0.05, 0) is 18.6 Å². The van der Waals surface area contributed by atoms with E-state index in [9.17, 15) is 9.90 Å². The number of carbonyl (C=O) groups is 1. The highest BCUT2D eigenvalue weighted by atomic mass is 16.5. The number of pyridine rings is 1. The van der Waals surface area contributed by atoms with Gasteiger partial charge in [0.15, 0.2) is 0 Å². The molecular formula is C15H21N3O3. The Bertz CT molecular complexity index is 490. The van der Waals surface area contributed by atoms with Gasteiger partial charge in [-0.2, -0.15) is 0 Å². The molecular weight excluding hydrogens is 270 g/mol. The molecule has 114 valence electrons. The zero-order valence-corrected chi connectivity index (χ0v) is 12.1. The van der Waals surface area contributed by atoms with Crippen LogP contribution in [0.5, 0.6) is 0 Å². The van der Waals surface area contributed by atoms with Crippen LogP contribution in [-0.4, -0.2) is 77.3 Å². The van der Waals surface area contributed by atoms with Gasteiger partial charge in [0.25, 0.3) is 5.91 Å². The van der Waals surface area contributed by atoms with Crippen LogP contribution in [0.2, 0.25) is 0 Å². The number of morpholine rings is 1. The monoisotopic (exact) mass is 291 g/mol. The van der Waals surface area contributed by atoms with Gasteiger partial charge in [0.1, 0.15) is 0 Å². The highest BCUT2D eigenvalue weighted by Gasteiger charge is 2.39. The van der Waals surface area contributed by atoms with Crippen molar-refractivity contribution < 1.29 is 14.6 Å². The number of carbonyl (C=O) groups excluding carboxylic acids is 1. The molecule has 6 nitrogen and oxygen atoms in total. The van der Waals surface area contributed by atoms with Crippen LogP contribution in [0.25, 0.3) is 0 Å². The summed E-state index contributed by atoms with van der Waals surface area (Å²) in [6, 6.07) is 3.51. The predicted molar refractivity (Wildman–Crippen MR) is 77.0 cm³/mol. The number of rotatable bonds is 3. The van der Waals surface area contributed by atoms with E-state index in [-0.39, 0.29) is 5.91 Å². The third-order valence-electron chi connectivity index (χ3n) is 4.15. The van der Waals surface area contributed by atoms with E-state index in [1.807, 2.05) is 0 Å². The van der Waals surface area contributed by atoms with Crippen LogP contribution in [0, 0.1) is 0 Å². The van der Waals surface area contributed by atoms with Gasteiger partial charge < -0.3 is 14.7 Å². The minimum Gasteiger partial charge on any atom is -0.387 e. The van der Waals surface area contributed by atoms with Gasteiger partial charge in [-0.25, -0.2) is 0 Å². The fraction of sp³-hybridized carbons (Fsp3) is 0.600. The van der Waals surface area contributed by atoms with Crippen molar-refractivity contribution in [2.45, 2.75) is 12.0 Å². The lowest BCUT2D eigenvalue weighted by atomic mass is 10.0. The lowest BCUT2D eigenvalue weighted by Crippen LogP contribution is -2.49. The largest absolute Gasteiger partial charge is 0.387 e. The van der Waals surface area contributed by atoms with Crippen molar-refractivity contribution in [1.29, 1.82) is 0 Å². The van der Waals surface area contributed by atoms with Gasteiger partial charge in [0.2, 0.25) is 0 Å². The number of aliphatic hydroxyl groups is 1. The second-order valence-corrected chi connectivity index (χ2v) is 5.83. The Kier molecular flexibility index (Phi) is 4.19. The van der Waals surface area contributed by atoms with E-state index in [1.54, 1.807) is 29.4 Å². The molecule has 2 fully saturated rings. The topological polar surface area (TPSA) is 65.9 Å². The van der Waals surface area contributed by atoms with Crippen LogP contribution in [0.1, 0.15) is 16.8 Å². The summed E-state index contributed by atoms with van der Waals surface area (Å²) in [7, 11) is 0. The SMILES string of the molecule is O=C(c1cccnc1)N1CCC(O)(CN2CCOCC2)C1. The molecule has 1 amide bonds. The van der Waals surface area contributed by atoms with Crippen molar-refractivity contribution in [3.8, 4) is 0 Å². The Morgan fingerprint density at radius 3 is 2.90 bits per heavy atom. The minimum absolute atomic E-state index is 0.0546. The third kappa shape index (κ3) is 3.40. The Balaban J connectivity index is 1.60. The molecule has 1 aromatic rings. The van der Waals surface area contributed by atoms with Crippen molar-refractivity contribution in [2.24, 2.45) is 0 Å². The Labute approximate surface area is 124 Å². The molecule has 1 N–H and O–H groups in total. The number of ether oxygens (including phenoxy) is 1. The van der Waals surface area contributed by atoms with E-state index in [2.05, 4.69) is 9.88 Å². The van der Waals surface area contributed by atoms with E-state index in [0.29, 0.717) is 44.8 Å². The maximum Gasteiger partial charge on any atom is 0.255 e. The van der Waals surface area contributed by atoms with Crippen LogP contribution in [0.15, 0.2) is 24.5 Å². The second kappa shape index (κ2) is 6.09. The first-order valence-corrected chi connectivity index (χ1v) is 7.38. The molecule has 21 heavy (non-hydrogen) atoms. The number of aromatic nitrogens is 1. The molecule has 1 atom stereocenters. The molecule has 0 aromatic carbocycles. The Morgan fingerprint density at radius 1 is 1.38 bits per heavy atom. The first kappa shape index (κ1) is 14.4. The first-order chi connectivity index (χ1) is 10.2. The highest BCUT2D eigenvalue weighted by Crippen LogP contribution is 2.24. The number of amides is 1. The van der Waals surface area contributed by atoms with Gasteiger partial charge in [0, 0.05) is 38.6 Å². The van der Waals surface area contributed by atoms with Gasteiger partial charge in [0.05, 0.1) is 30.9 Å². The molecule has 3 rings (SSSR count). The second-order valence-electron chi connectivity index (χ2n) is 5.83. The van der Waals surface area contributed by atoms with Crippen LogP contribution >= 0.6 is 0 Å². The van der Waals surface area contributed by atoms with Gasteiger partial charge in [-0.3, -0.25) is 14.7 Å². The lowest BCUT2D eigenvalue weighted by molar-refractivity contribution is -0.0257. The summed E-state index contributed by atoms with van der Waals surface area (Å²) in [5, 5.41) is 10.7. The van der Waals surface area contributed by atoms with E-state index in [4.69, 9.17) is 4.74 Å². The normalized spacial score (nSPS) is 27.0. The molecule has 0 aliphatic carbocycles. The fourth-order valence-corrected chi connectivity index (χ4v) is 3.01. The fourth-order valence-electron chi connectivity index (χ4n) is 3.01. The minimum atomic E-state index is -0.810. The zero-order chi connectivity index (χ0) is 14.7. The summed E-state index contributed by atoms with van der Waals surface area (Å²) in [5.74, 6) is -0.0546. The standard InChI is InChI=1S/C15H21N3O3/c19-14(13-2-1-4-16-10-13)18-5-3-15(20,12-18)11-17-6-8-21-9-7-17/h1-2,4,10,20H,3,5-9,11-12H2. The van der Waals surface area contributed by atoms with Gasteiger partial charge in [-0.1, -0.05) is 0 Å². The summed E-state index contributed by atoms with van der Waals surface area (Å²) in [6.45, 7) is 4.71. The van der Waals surface area contributed by atoms with Crippen molar-refractivity contribution in [3.63, 3.8) is 0 Å². The van der Waals surface area contributed by atoms with Crippen LogP contribution in [-0.2, 0) is 4.74 Å². The van der Waals surface area contributed by atoms with Crippen LogP contribution in [0.3, 0.4) is 0 Å². The van der Waals surface area contributed by atoms with Crippen LogP contribution in [0.4, 0.5) is 0 Å². The lowest BCUT2D eigenvalue weighted by Gasteiger charge is -2.33. The van der Waals surface area contributed by atoms with Crippen molar-refractivity contribution in [2.75, 3.05) is 45.9 Å². The number of hydrogen-bond acceptors (Lipinski definition) is 5. The number of β-amino-alcohol motifs (C(OH)–C–C–N with tert-alkyl or cyclic N) is 1.